The molecule has 5 nitrogen and oxygen atoms in total. The average Bonchev–Trinajstić information content (AvgIpc) is 2.82. The highest BCUT2D eigenvalue weighted by atomic mass is 35.5. The zero-order valence-corrected chi connectivity index (χ0v) is 13.5. The van der Waals surface area contributed by atoms with Crippen LogP contribution in [0.3, 0.4) is 0 Å². The molecule has 2 rings (SSSR count). The number of piperidine rings is 1. The van der Waals surface area contributed by atoms with Crippen LogP contribution in [0.4, 0.5) is 0 Å². The summed E-state index contributed by atoms with van der Waals surface area (Å²) in [4.78, 5) is 23.4. The SMILES string of the molecule is CC(=O)c1cc(C(=O)NCCC2CCCNC2)n(C)c1.Cl. The van der Waals surface area contributed by atoms with Crippen LogP contribution in [0.15, 0.2) is 12.3 Å². The van der Waals surface area contributed by atoms with Gasteiger partial charge in [0.05, 0.1) is 0 Å². The number of hydrogen-bond acceptors (Lipinski definition) is 3. The molecule has 1 amide bonds. The fourth-order valence-electron chi connectivity index (χ4n) is 2.63. The van der Waals surface area contributed by atoms with E-state index >= 15 is 0 Å². The van der Waals surface area contributed by atoms with Crippen molar-refractivity contribution in [1.82, 2.24) is 15.2 Å². The van der Waals surface area contributed by atoms with Gasteiger partial charge in [0.1, 0.15) is 5.69 Å². The van der Waals surface area contributed by atoms with Gasteiger partial charge in [-0.1, -0.05) is 0 Å². The van der Waals surface area contributed by atoms with Crippen LogP contribution in [0.5, 0.6) is 0 Å². The molecule has 1 saturated heterocycles. The summed E-state index contributed by atoms with van der Waals surface area (Å²) in [6.07, 6.45) is 5.16. The molecular weight excluding hydrogens is 290 g/mol. The summed E-state index contributed by atoms with van der Waals surface area (Å²) in [5.74, 6) is 0.530. The number of rotatable bonds is 5. The van der Waals surface area contributed by atoms with Crippen molar-refractivity contribution in [3.8, 4) is 0 Å². The maximum atomic E-state index is 12.1. The van der Waals surface area contributed by atoms with Crippen molar-refractivity contribution in [1.29, 1.82) is 0 Å². The number of hydrogen-bond donors (Lipinski definition) is 2. The number of aryl methyl sites for hydroxylation is 1. The lowest BCUT2D eigenvalue weighted by molar-refractivity contribution is 0.0942. The van der Waals surface area contributed by atoms with E-state index in [-0.39, 0.29) is 24.1 Å². The van der Waals surface area contributed by atoms with Crippen LogP contribution < -0.4 is 10.6 Å². The van der Waals surface area contributed by atoms with E-state index in [1.165, 1.54) is 19.8 Å². The number of ketones is 1. The summed E-state index contributed by atoms with van der Waals surface area (Å²) in [6.45, 7) is 4.35. The third kappa shape index (κ3) is 4.86. The van der Waals surface area contributed by atoms with Crippen molar-refractivity contribution in [3.63, 3.8) is 0 Å². The number of aromatic nitrogens is 1. The van der Waals surface area contributed by atoms with Gasteiger partial charge in [-0.2, -0.15) is 0 Å². The first-order valence-corrected chi connectivity index (χ1v) is 7.24. The van der Waals surface area contributed by atoms with Crippen LogP contribution in [0, 0.1) is 5.92 Å². The number of nitrogens with zero attached hydrogens (tertiary/aromatic N) is 1. The first kappa shape index (κ1) is 17.7. The van der Waals surface area contributed by atoms with Crippen LogP contribution in [-0.2, 0) is 7.05 Å². The predicted molar refractivity (Wildman–Crippen MR) is 85.2 cm³/mol. The summed E-state index contributed by atoms with van der Waals surface area (Å²) in [6, 6.07) is 1.65. The molecule has 1 aliphatic heterocycles. The third-order valence-electron chi connectivity index (χ3n) is 3.88. The van der Waals surface area contributed by atoms with Gasteiger partial charge in [0.2, 0.25) is 0 Å². The van der Waals surface area contributed by atoms with E-state index in [1.54, 1.807) is 23.9 Å². The molecule has 21 heavy (non-hydrogen) atoms. The lowest BCUT2D eigenvalue weighted by atomic mass is 9.96. The molecular formula is C15H24ClN3O2. The second-order valence-electron chi connectivity index (χ2n) is 5.54. The minimum Gasteiger partial charge on any atom is -0.351 e. The number of nitrogens with one attached hydrogen (secondary N) is 2. The fraction of sp³-hybridized carbons (Fsp3) is 0.600. The van der Waals surface area contributed by atoms with Crippen LogP contribution in [0.1, 0.15) is 47.0 Å². The summed E-state index contributed by atoms with van der Waals surface area (Å²) in [7, 11) is 1.78. The Balaban J connectivity index is 0.00000220. The molecule has 1 aromatic rings. The van der Waals surface area contributed by atoms with Gasteiger partial charge in [0.15, 0.2) is 5.78 Å². The van der Waals surface area contributed by atoms with E-state index in [4.69, 9.17) is 0 Å². The standard InChI is InChI=1S/C15H23N3O2.ClH/c1-11(19)13-8-14(18(2)10-13)15(20)17-7-5-12-4-3-6-16-9-12;/h8,10,12,16H,3-7,9H2,1-2H3,(H,17,20);1H. The van der Waals surface area contributed by atoms with Gasteiger partial charge in [0, 0.05) is 25.4 Å². The highest BCUT2D eigenvalue weighted by molar-refractivity contribution is 5.99. The lowest BCUT2D eigenvalue weighted by Crippen LogP contribution is -2.33. The number of amides is 1. The molecule has 1 fully saturated rings. The van der Waals surface area contributed by atoms with E-state index in [0.29, 0.717) is 23.7 Å². The largest absolute Gasteiger partial charge is 0.351 e. The quantitative estimate of drug-likeness (QED) is 0.814. The van der Waals surface area contributed by atoms with Crippen LogP contribution >= 0.6 is 12.4 Å². The van der Waals surface area contributed by atoms with Crippen molar-refractivity contribution >= 4 is 24.1 Å². The summed E-state index contributed by atoms with van der Waals surface area (Å²) in [5, 5.41) is 6.32. The van der Waals surface area contributed by atoms with E-state index in [1.807, 2.05) is 0 Å². The Morgan fingerprint density at radius 2 is 2.24 bits per heavy atom. The normalized spacial score (nSPS) is 17.9. The molecule has 1 aliphatic rings. The Morgan fingerprint density at radius 3 is 2.81 bits per heavy atom. The maximum absolute atomic E-state index is 12.1. The maximum Gasteiger partial charge on any atom is 0.267 e. The zero-order chi connectivity index (χ0) is 14.5. The van der Waals surface area contributed by atoms with Crippen LogP contribution in [0.2, 0.25) is 0 Å². The molecule has 1 unspecified atom stereocenters. The summed E-state index contributed by atoms with van der Waals surface area (Å²) in [5.41, 5.74) is 1.12. The van der Waals surface area contributed by atoms with Crippen LogP contribution in [0.25, 0.3) is 0 Å². The number of halogens is 1. The topological polar surface area (TPSA) is 63.1 Å². The first-order valence-electron chi connectivity index (χ1n) is 7.24. The molecule has 0 radical (unpaired) electrons. The molecule has 0 aromatic carbocycles. The smallest absolute Gasteiger partial charge is 0.267 e. The monoisotopic (exact) mass is 313 g/mol. The van der Waals surface area contributed by atoms with E-state index in [0.717, 1.165) is 19.5 Å². The minimum atomic E-state index is -0.108. The van der Waals surface area contributed by atoms with Gasteiger partial charge in [-0.05, 0) is 51.3 Å². The number of Topliss-reactive ketones (excluding diaryl/α,β-unsaturated/α-hetero) is 1. The van der Waals surface area contributed by atoms with E-state index in [9.17, 15) is 9.59 Å². The van der Waals surface area contributed by atoms with Crippen molar-refractivity contribution in [2.75, 3.05) is 19.6 Å². The van der Waals surface area contributed by atoms with Gasteiger partial charge in [-0.3, -0.25) is 9.59 Å². The van der Waals surface area contributed by atoms with Gasteiger partial charge in [-0.25, -0.2) is 0 Å². The molecule has 0 spiro atoms. The average molecular weight is 314 g/mol. The van der Waals surface area contributed by atoms with Gasteiger partial charge in [-0.15, -0.1) is 12.4 Å². The lowest BCUT2D eigenvalue weighted by Gasteiger charge is -2.22. The third-order valence-corrected chi connectivity index (χ3v) is 3.88. The molecule has 1 atom stereocenters. The molecule has 1 aromatic heterocycles. The predicted octanol–water partition coefficient (Wildman–Crippen LogP) is 1.77. The van der Waals surface area contributed by atoms with E-state index in [2.05, 4.69) is 10.6 Å². The number of carbonyl (C=O) groups excluding carboxylic acids is 2. The second-order valence-corrected chi connectivity index (χ2v) is 5.54. The zero-order valence-electron chi connectivity index (χ0n) is 12.6. The Hall–Kier alpha value is -1.33. The summed E-state index contributed by atoms with van der Waals surface area (Å²) < 4.78 is 1.70. The fourth-order valence-corrected chi connectivity index (χ4v) is 2.63. The first-order chi connectivity index (χ1) is 9.58. The minimum absolute atomic E-state index is 0. The van der Waals surface area contributed by atoms with E-state index < -0.39 is 0 Å². The Bertz CT molecular complexity index is 493. The Labute approximate surface area is 131 Å². The van der Waals surface area contributed by atoms with Crippen molar-refractivity contribution in [2.45, 2.75) is 26.2 Å². The highest BCUT2D eigenvalue weighted by Gasteiger charge is 2.15. The van der Waals surface area contributed by atoms with Crippen molar-refractivity contribution in [2.24, 2.45) is 13.0 Å². The van der Waals surface area contributed by atoms with Crippen LogP contribution in [-0.4, -0.2) is 35.9 Å². The van der Waals surface area contributed by atoms with Gasteiger partial charge in [0.25, 0.3) is 5.91 Å². The molecule has 118 valence electrons. The van der Waals surface area contributed by atoms with Gasteiger partial charge < -0.3 is 15.2 Å². The Kier molecular flexibility index (Phi) is 6.92. The molecule has 2 N–H and O–H groups in total. The second kappa shape index (κ2) is 8.20. The van der Waals surface area contributed by atoms with Crippen molar-refractivity contribution < 1.29 is 9.59 Å². The molecule has 6 heteroatoms. The molecule has 0 saturated carbocycles. The number of carbonyl (C=O) groups is 2. The summed E-state index contributed by atoms with van der Waals surface area (Å²) >= 11 is 0. The Morgan fingerprint density at radius 1 is 1.48 bits per heavy atom. The van der Waals surface area contributed by atoms with Crippen molar-refractivity contribution in [3.05, 3.63) is 23.5 Å². The molecule has 0 aliphatic carbocycles. The molecule has 0 bridgehead atoms. The van der Waals surface area contributed by atoms with Gasteiger partial charge >= 0.3 is 0 Å². The highest BCUT2D eigenvalue weighted by Crippen LogP contribution is 2.13. The molecule has 2 heterocycles.